The second-order valence-electron chi connectivity index (χ2n) is 9.30. The van der Waals surface area contributed by atoms with Gasteiger partial charge in [-0.2, -0.15) is 15.1 Å². The number of anilines is 1. The van der Waals surface area contributed by atoms with Crippen molar-refractivity contribution in [3.8, 4) is 11.8 Å². The van der Waals surface area contributed by atoms with Crippen molar-refractivity contribution in [3.63, 3.8) is 0 Å². The van der Waals surface area contributed by atoms with E-state index in [1.807, 2.05) is 19.2 Å². The standard InChI is InChI=1S/C25H36N8O4/c1-4-5-18(8-11-34)29-23-22-21(30-25(31-23)37-24(26)35)15(2)32-33(22)14-17-13-28-19(12-20(17)36-3)16-6-9-27-10-7-16/h12-13,16,18,27,34H,4-11,14H2,1-3H3,(H2,26,35)(H,29,30,31)/t18-/m0/s1. The maximum atomic E-state index is 11.4. The van der Waals surface area contributed by atoms with Crippen molar-refractivity contribution >= 4 is 22.9 Å². The van der Waals surface area contributed by atoms with Crippen LogP contribution >= 0.6 is 0 Å². The molecule has 0 unspecified atom stereocenters. The Morgan fingerprint density at radius 1 is 1.32 bits per heavy atom. The van der Waals surface area contributed by atoms with Gasteiger partial charge in [0, 0.05) is 42.1 Å². The summed E-state index contributed by atoms with van der Waals surface area (Å²) in [6.45, 7) is 6.28. The number of hydrogen-bond donors (Lipinski definition) is 4. The van der Waals surface area contributed by atoms with Gasteiger partial charge in [-0.1, -0.05) is 13.3 Å². The number of nitrogens with one attached hydrogen (secondary N) is 2. The summed E-state index contributed by atoms with van der Waals surface area (Å²) in [5.74, 6) is 1.61. The van der Waals surface area contributed by atoms with Crippen LogP contribution in [0.25, 0.3) is 11.0 Å². The molecule has 12 heteroatoms. The largest absolute Gasteiger partial charge is 0.496 e. The van der Waals surface area contributed by atoms with E-state index < -0.39 is 6.09 Å². The number of carbonyl (C=O) groups is 1. The van der Waals surface area contributed by atoms with Gasteiger partial charge in [-0.3, -0.25) is 9.67 Å². The third-order valence-electron chi connectivity index (χ3n) is 6.64. The van der Waals surface area contributed by atoms with E-state index in [0.29, 0.717) is 41.4 Å². The predicted octanol–water partition coefficient (Wildman–Crippen LogP) is 2.47. The molecule has 1 aliphatic heterocycles. The van der Waals surface area contributed by atoms with E-state index in [-0.39, 0.29) is 18.7 Å². The smallest absolute Gasteiger partial charge is 0.412 e. The maximum Gasteiger partial charge on any atom is 0.412 e. The van der Waals surface area contributed by atoms with Gasteiger partial charge in [-0.15, -0.1) is 0 Å². The van der Waals surface area contributed by atoms with Crippen LogP contribution in [0, 0.1) is 6.92 Å². The fraction of sp³-hybridized carbons (Fsp3) is 0.560. The van der Waals surface area contributed by atoms with Gasteiger partial charge in [-0.05, 0) is 45.7 Å². The van der Waals surface area contributed by atoms with Gasteiger partial charge in [0.2, 0.25) is 0 Å². The van der Waals surface area contributed by atoms with Crippen LogP contribution in [0.5, 0.6) is 11.8 Å². The summed E-state index contributed by atoms with van der Waals surface area (Å²) in [7, 11) is 1.66. The summed E-state index contributed by atoms with van der Waals surface area (Å²) >= 11 is 0. The number of aromatic nitrogens is 5. The number of methoxy groups -OCH3 is 1. The van der Waals surface area contributed by atoms with Crippen molar-refractivity contribution in [2.24, 2.45) is 5.73 Å². The molecule has 0 aromatic carbocycles. The van der Waals surface area contributed by atoms with Gasteiger partial charge in [0.25, 0.3) is 0 Å². The lowest BCUT2D eigenvalue weighted by Crippen LogP contribution is -2.27. The van der Waals surface area contributed by atoms with Gasteiger partial charge < -0.3 is 30.9 Å². The Hall–Kier alpha value is -3.51. The second kappa shape index (κ2) is 12.2. The number of hydrogen-bond acceptors (Lipinski definition) is 10. The molecule has 1 aliphatic rings. The van der Waals surface area contributed by atoms with Crippen molar-refractivity contribution in [2.75, 3.05) is 32.1 Å². The molecule has 37 heavy (non-hydrogen) atoms. The van der Waals surface area contributed by atoms with Gasteiger partial charge in [0.05, 0.1) is 19.3 Å². The molecule has 3 aromatic heterocycles. The molecule has 0 radical (unpaired) electrons. The highest BCUT2D eigenvalue weighted by Gasteiger charge is 2.23. The molecule has 12 nitrogen and oxygen atoms in total. The molecule has 1 saturated heterocycles. The average molecular weight is 513 g/mol. The molecule has 0 aliphatic carbocycles. The maximum absolute atomic E-state index is 11.4. The zero-order chi connectivity index (χ0) is 26.4. The topological polar surface area (TPSA) is 162 Å². The number of ether oxygens (including phenoxy) is 2. The Morgan fingerprint density at radius 3 is 2.78 bits per heavy atom. The molecule has 3 aromatic rings. The molecule has 1 atom stereocenters. The first kappa shape index (κ1) is 26.6. The number of nitrogens with two attached hydrogens (primary N) is 1. The van der Waals surface area contributed by atoms with Crippen LogP contribution in [0.4, 0.5) is 10.6 Å². The third kappa shape index (κ3) is 6.25. The number of amides is 1. The number of carbonyl (C=O) groups excluding carboxylic acids is 1. The number of piperidine rings is 1. The number of pyridine rings is 1. The molecular formula is C25H36N8O4. The fourth-order valence-corrected chi connectivity index (χ4v) is 4.84. The zero-order valence-electron chi connectivity index (χ0n) is 21.7. The SMILES string of the molecule is CCC[C@@H](CCO)Nc1nc(OC(N)=O)nc2c(C)nn(Cc3cnc(C4CCNCC4)cc3OC)c12. The lowest BCUT2D eigenvalue weighted by Gasteiger charge is -2.23. The average Bonchev–Trinajstić information content (AvgIpc) is 3.19. The van der Waals surface area contributed by atoms with E-state index in [4.69, 9.17) is 25.3 Å². The first-order valence-electron chi connectivity index (χ1n) is 12.8. The molecule has 5 N–H and O–H groups in total. The number of fused-ring (bicyclic) bond motifs is 1. The van der Waals surface area contributed by atoms with Gasteiger partial charge in [0.15, 0.2) is 5.82 Å². The fourth-order valence-electron chi connectivity index (χ4n) is 4.84. The van der Waals surface area contributed by atoms with Crippen LogP contribution in [0.2, 0.25) is 0 Å². The summed E-state index contributed by atoms with van der Waals surface area (Å²) < 4.78 is 12.6. The molecule has 1 amide bonds. The first-order chi connectivity index (χ1) is 17.9. The van der Waals surface area contributed by atoms with E-state index >= 15 is 0 Å². The molecule has 0 saturated carbocycles. The summed E-state index contributed by atoms with van der Waals surface area (Å²) in [4.78, 5) is 25.0. The normalized spacial score (nSPS) is 15.0. The van der Waals surface area contributed by atoms with E-state index in [2.05, 4.69) is 27.5 Å². The summed E-state index contributed by atoms with van der Waals surface area (Å²) in [6, 6.07) is 1.82. The van der Waals surface area contributed by atoms with E-state index in [1.54, 1.807) is 11.8 Å². The van der Waals surface area contributed by atoms with Crippen molar-refractivity contribution in [2.45, 2.75) is 64.5 Å². The van der Waals surface area contributed by atoms with Crippen LogP contribution in [-0.2, 0) is 6.54 Å². The quantitative estimate of drug-likeness (QED) is 0.300. The lowest BCUT2D eigenvalue weighted by atomic mass is 9.93. The highest BCUT2D eigenvalue weighted by Crippen LogP contribution is 2.31. The van der Waals surface area contributed by atoms with Crippen molar-refractivity contribution in [1.29, 1.82) is 0 Å². The Labute approximate surface area is 216 Å². The number of aliphatic hydroxyl groups excluding tert-OH is 1. The highest BCUT2D eigenvalue weighted by atomic mass is 16.6. The van der Waals surface area contributed by atoms with Crippen LogP contribution in [0.1, 0.15) is 61.9 Å². The van der Waals surface area contributed by atoms with E-state index in [0.717, 1.165) is 55.8 Å². The highest BCUT2D eigenvalue weighted by molar-refractivity contribution is 5.88. The minimum absolute atomic E-state index is 0.0289. The van der Waals surface area contributed by atoms with E-state index in [1.165, 1.54) is 0 Å². The van der Waals surface area contributed by atoms with Crippen molar-refractivity contribution in [3.05, 3.63) is 29.2 Å². The molecule has 200 valence electrons. The number of aryl methyl sites for hydroxylation is 1. The van der Waals surface area contributed by atoms with Crippen LogP contribution in [0.3, 0.4) is 0 Å². The van der Waals surface area contributed by atoms with Crippen molar-refractivity contribution in [1.82, 2.24) is 30.0 Å². The van der Waals surface area contributed by atoms with Gasteiger partial charge in [-0.25, -0.2) is 4.79 Å². The zero-order valence-corrected chi connectivity index (χ0v) is 21.7. The minimum Gasteiger partial charge on any atom is -0.496 e. The number of rotatable bonds is 11. The molecule has 4 heterocycles. The number of primary amides is 1. The van der Waals surface area contributed by atoms with Gasteiger partial charge in [0.1, 0.15) is 16.8 Å². The second-order valence-corrected chi connectivity index (χ2v) is 9.30. The van der Waals surface area contributed by atoms with Crippen LogP contribution < -0.4 is 25.8 Å². The lowest BCUT2D eigenvalue weighted by molar-refractivity contribution is 0.207. The summed E-state index contributed by atoms with van der Waals surface area (Å²) in [5.41, 5.74) is 8.95. The molecule has 4 rings (SSSR count). The Balaban J connectivity index is 1.73. The number of nitrogens with zero attached hydrogens (tertiary/aromatic N) is 5. The molecule has 0 spiro atoms. The van der Waals surface area contributed by atoms with Gasteiger partial charge >= 0.3 is 12.1 Å². The summed E-state index contributed by atoms with van der Waals surface area (Å²) in [6.07, 6.45) is 5.22. The Morgan fingerprint density at radius 2 is 2.11 bits per heavy atom. The van der Waals surface area contributed by atoms with Crippen LogP contribution in [-0.4, -0.2) is 68.8 Å². The molecule has 1 fully saturated rings. The Bertz CT molecular complexity index is 1220. The third-order valence-corrected chi connectivity index (χ3v) is 6.64. The summed E-state index contributed by atoms with van der Waals surface area (Å²) in [5, 5.41) is 21.1. The predicted molar refractivity (Wildman–Crippen MR) is 139 cm³/mol. The Kier molecular flexibility index (Phi) is 8.72. The minimum atomic E-state index is -1.000. The number of aliphatic hydroxyl groups is 1. The van der Waals surface area contributed by atoms with Crippen molar-refractivity contribution < 1.29 is 19.4 Å². The van der Waals surface area contributed by atoms with Crippen LogP contribution in [0.15, 0.2) is 12.3 Å². The monoisotopic (exact) mass is 512 g/mol. The first-order valence-corrected chi connectivity index (χ1v) is 12.8. The van der Waals surface area contributed by atoms with E-state index in [9.17, 15) is 9.90 Å². The molecular weight excluding hydrogens is 476 g/mol. The molecule has 0 bridgehead atoms.